The topological polar surface area (TPSA) is 45.8 Å². The van der Waals surface area contributed by atoms with Crippen molar-refractivity contribution in [3.63, 3.8) is 0 Å². The van der Waals surface area contributed by atoms with Crippen LogP contribution < -0.4 is 0 Å². The Morgan fingerprint density at radius 3 is 2.52 bits per heavy atom. The molecule has 1 aromatic carbocycles. The number of nitrogens with zero attached hydrogens (tertiary/aromatic N) is 1. The first-order valence-electron chi connectivity index (χ1n) is 7.17. The van der Waals surface area contributed by atoms with Crippen LogP contribution in [0.3, 0.4) is 0 Å². The fraction of sp³-hybridized carbons (Fsp3) is 0.412. The summed E-state index contributed by atoms with van der Waals surface area (Å²) in [6, 6.07) is 14.3. The van der Waals surface area contributed by atoms with E-state index in [-0.39, 0.29) is 12.6 Å². The molecular weight excluding hydrogens is 266 g/mol. The standard InChI is InChI=1S/C17H23NO3/c1-18(12-15-8-9-16(21-15)13-20-2)17(10-11-19)14-6-4-3-5-7-14/h3-9,17,19H,10-13H2,1-2H3. The number of hydrogen-bond acceptors (Lipinski definition) is 4. The summed E-state index contributed by atoms with van der Waals surface area (Å²) < 4.78 is 10.8. The van der Waals surface area contributed by atoms with Gasteiger partial charge in [0, 0.05) is 19.8 Å². The summed E-state index contributed by atoms with van der Waals surface area (Å²) in [4.78, 5) is 2.20. The molecule has 0 saturated heterocycles. The van der Waals surface area contributed by atoms with Crippen LogP contribution in [0.4, 0.5) is 0 Å². The molecule has 0 spiro atoms. The van der Waals surface area contributed by atoms with E-state index < -0.39 is 0 Å². The monoisotopic (exact) mass is 289 g/mol. The van der Waals surface area contributed by atoms with Crippen LogP contribution in [0.2, 0.25) is 0 Å². The van der Waals surface area contributed by atoms with E-state index in [1.807, 2.05) is 37.4 Å². The quantitative estimate of drug-likeness (QED) is 0.811. The summed E-state index contributed by atoms with van der Waals surface area (Å²) in [6.07, 6.45) is 0.701. The van der Waals surface area contributed by atoms with Crippen LogP contribution in [0.1, 0.15) is 29.5 Å². The molecule has 4 nitrogen and oxygen atoms in total. The lowest BCUT2D eigenvalue weighted by Crippen LogP contribution is -2.25. The van der Waals surface area contributed by atoms with Gasteiger partial charge in [-0.2, -0.15) is 0 Å². The van der Waals surface area contributed by atoms with Crippen molar-refractivity contribution in [3.8, 4) is 0 Å². The van der Waals surface area contributed by atoms with Crippen LogP contribution in [-0.2, 0) is 17.9 Å². The highest BCUT2D eigenvalue weighted by Gasteiger charge is 2.17. The molecule has 21 heavy (non-hydrogen) atoms. The number of methoxy groups -OCH3 is 1. The average Bonchev–Trinajstić information content (AvgIpc) is 2.93. The second kappa shape index (κ2) is 7.98. The zero-order valence-electron chi connectivity index (χ0n) is 12.7. The van der Waals surface area contributed by atoms with Gasteiger partial charge in [0.2, 0.25) is 0 Å². The highest BCUT2D eigenvalue weighted by atomic mass is 16.5. The Balaban J connectivity index is 2.05. The maximum absolute atomic E-state index is 9.32. The van der Waals surface area contributed by atoms with Gasteiger partial charge in [-0.05, 0) is 31.2 Å². The molecule has 2 aromatic rings. The van der Waals surface area contributed by atoms with Crippen LogP contribution in [0, 0.1) is 0 Å². The molecule has 0 radical (unpaired) electrons. The largest absolute Gasteiger partial charge is 0.462 e. The third-order valence-electron chi connectivity index (χ3n) is 3.53. The van der Waals surface area contributed by atoms with Crippen LogP contribution in [0.25, 0.3) is 0 Å². The summed E-state index contributed by atoms with van der Waals surface area (Å²) in [7, 11) is 3.70. The number of aliphatic hydroxyl groups is 1. The minimum Gasteiger partial charge on any atom is -0.462 e. The Hall–Kier alpha value is -1.62. The van der Waals surface area contributed by atoms with Gasteiger partial charge in [0.1, 0.15) is 18.1 Å². The Labute approximate surface area is 126 Å². The van der Waals surface area contributed by atoms with Gasteiger partial charge in [0.25, 0.3) is 0 Å². The maximum Gasteiger partial charge on any atom is 0.129 e. The average molecular weight is 289 g/mol. The molecule has 0 aliphatic carbocycles. The second-order valence-electron chi connectivity index (χ2n) is 5.15. The van der Waals surface area contributed by atoms with Gasteiger partial charge in [-0.15, -0.1) is 0 Å². The predicted octanol–water partition coefficient (Wildman–Crippen LogP) is 2.98. The molecule has 0 amide bonds. The Morgan fingerprint density at radius 2 is 1.86 bits per heavy atom. The van der Waals surface area contributed by atoms with Crippen LogP contribution in [-0.4, -0.2) is 30.8 Å². The molecule has 0 aliphatic rings. The third-order valence-corrected chi connectivity index (χ3v) is 3.53. The number of benzene rings is 1. The van der Waals surface area contributed by atoms with Crippen molar-refractivity contribution in [2.24, 2.45) is 0 Å². The lowest BCUT2D eigenvalue weighted by molar-refractivity contribution is 0.151. The minimum absolute atomic E-state index is 0.164. The molecule has 0 bridgehead atoms. The number of ether oxygens (including phenoxy) is 1. The summed E-state index contributed by atoms with van der Waals surface area (Å²) in [5.74, 6) is 1.74. The zero-order valence-corrected chi connectivity index (χ0v) is 12.7. The van der Waals surface area contributed by atoms with Crippen LogP contribution in [0.15, 0.2) is 46.9 Å². The Kier molecular flexibility index (Phi) is 5.99. The molecule has 1 unspecified atom stereocenters. The fourth-order valence-electron chi connectivity index (χ4n) is 2.52. The Bertz CT molecular complexity index is 524. The van der Waals surface area contributed by atoms with Crippen LogP contribution in [0.5, 0.6) is 0 Å². The first-order valence-corrected chi connectivity index (χ1v) is 7.17. The van der Waals surface area contributed by atoms with Gasteiger partial charge in [-0.25, -0.2) is 0 Å². The molecule has 1 atom stereocenters. The van der Waals surface area contributed by atoms with Gasteiger partial charge in [-0.1, -0.05) is 30.3 Å². The van der Waals surface area contributed by atoms with E-state index in [9.17, 15) is 5.11 Å². The summed E-state index contributed by atoms with van der Waals surface area (Å²) in [5, 5.41) is 9.32. The van der Waals surface area contributed by atoms with E-state index in [0.29, 0.717) is 19.6 Å². The van der Waals surface area contributed by atoms with E-state index in [2.05, 4.69) is 17.0 Å². The molecule has 1 heterocycles. The molecule has 2 rings (SSSR count). The predicted molar refractivity (Wildman–Crippen MR) is 81.8 cm³/mol. The van der Waals surface area contributed by atoms with Crippen molar-refractivity contribution >= 4 is 0 Å². The highest BCUT2D eigenvalue weighted by Crippen LogP contribution is 2.24. The van der Waals surface area contributed by atoms with Gasteiger partial charge >= 0.3 is 0 Å². The molecule has 0 saturated carbocycles. The SMILES string of the molecule is COCc1ccc(CN(C)C(CCO)c2ccccc2)o1. The van der Waals surface area contributed by atoms with Gasteiger partial charge < -0.3 is 14.3 Å². The smallest absolute Gasteiger partial charge is 0.129 e. The van der Waals surface area contributed by atoms with E-state index in [4.69, 9.17) is 9.15 Å². The van der Waals surface area contributed by atoms with E-state index in [1.165, 1.54) is 5.56 Å². The normalized spacial score (nSPS) is 12.8. The molecular formula is C17H23NO3. The molecule has 4 heteroatoms. The molecule has 1 aromatic heterocycles. The third kappa shape index (κ3) is 4.43. The fourth-order valence-corrected chi connectivity index (χ4v) is 2.52. The van der Waals surface area contributed by atoms with Crippen LogP contribution >= 0.6 is 0 Å². The van der Waals surface area contributed by atoms with E-state index in [0.717, 1.165) is 11.5 Å². The van der Waals surface area contributed by atoms with Crippen molar-refractivity contribution in [2.75, 3.05) is 20.8 Å². The molecule has 0 fully saturated rings. The highest BCUT2D eigenvalue weighted by molar-refractivity contribution is 5.19. The lowest BCUT2D eigenvalue weighted by atomic mass is 10.0. The first kappa shape index (κ1) is 15.8. The molecule has 114 valence electrons. The number of hydrogen-bond donors (Lipinski definition) is 1. The summed E-state index contributed by atoms with van der Waals surface area (Å²) >= 11 is 0. The maximum atomic E-state index is 9.32. The molecule has 1 N–H and O–H groups in total. The van der Waals surface area contributed by atoms with E-state index in [1.54, 1.807) is 7.11 Å². The van der Waals surface area contributed by atoms with Crippen molar-refractivity contribution in [2.45, 2.75) is 25.6 Å². The number of furan rings is 1. The zero-order chi connectivity index (χ0) is 15.1. The van der Waals surface area contributed by atoms with Gasteiger partial charge in [-0.3, -0.25) is 4.90 Å². The summed E-state index contributed by atoms with van der Waals surface area (Å²) in [5.41, 5.74) is 1.21. The Morgan fingerprint density at radius 1 is 1.14 bits per heavy atom. The van der Waals surface area contributed by atoms with Crippen molar-refractivity contribution in [1.29, 1.82) is 0 Å². The first-order chi connectivity index (χ1) is 10.2. The molecule has 0 aliphatic heterocycles. The van der Waals surface area contributed by atoms with Gasteiger partial charge in [0.05, 0.1) is 6.54 Å². The summed E-state index contributed by atoms with van der Waals surface area (Å²) in [6.45, 7) is 1.35. The van der Waals surface area contributed by atoms with Gasteiger partial charge in [0.15, 0.2) is 0 Å². The number of rotatable bonds is 8. The van der Waals surface area contributed by atoms with Crippen molar-refractivity contribution in [3.05, 3.63) is 59.5 Å². The number of aliphatic hydroxyl groups excluding tert-OH is 1. The van der Waals surface area contributed by atoms with E-state index >= 15 is 0 Å². The minimum atomic E-state index is 0.164. The lowest BCUT2D eigenvalue weighted by Gasteiger charge is -2.27. The second-order valence-corrected chi connectivity index (χ2v) is 5.15. The van der Waals surface area contributed by atoms with Crippen molar-refractivity contribution < 1.29 is 14.3 Å². The van der Waals surface area contributed by atoms with Crippen molar-refractivity contribution in [1.82, 2.24) is 4.90 Å².